The molecule has 2 rings (SSSR count). The molecule has 0 aromatic heterocycles. The van der Waals surface area contributed by atoms with Crippen LogP contribution in [0.15, 0.2) is 36.4 Å². The SMILES string of the molecule is Cc1cc(O)ccc1-c1cccc(C=O)c1C. The maximum atomic E-state index is 10.9. The van der Waals surface area contributed by atoms with Crippen molar-refractivity contribution in [2.75, 3.05) is 0 Å². The van der Waals surface area contributed by atoms with E-state index in [1.54, 1.807) is 12.1 Å². The molecule has 0 saturated carbocycles. The highest BCUT2D eigenvalue weighted by Crippen LogP contribution is 2.29. The summed E-state index contributed by atoms with van der Waals surface area (Å²) in [4.78, 5) is 10.9. The van der Waals surface area contributed by atoms with Gasteiger partial charge in [0.05, 0.1) is 0 Å². The first kappa shape index (κ1) is 11.4. The van der Waals surface area contributed by atoms with Crippen molar-refractivity contribution in [3.63, 3.8) is 0 Å². The van der Waals surface area contributed by atoms with Gasteiger partial charge in [-0.3, -0.25) is 4.79 Å². The average molecular weight is 226 g/mol. The van der Waals surface area contributed by atoms with Crippen LogP contribution in [0.5, 0.6) is 5.75 Å². The molecule has 0 atom stereocenters. The summed E-state index contributed by atoms with van der Waals surface area (Å²) in [6.45, 7) is 3.88. The van der Waals surface area contributed by atoms with Crippen LogP contribution in [-0.2, 0) is 0 Å². The molecule has 2 aromatic carbocycles. The largest absolute Gasteiger partial charge is 0.508 e. The lowest BCUT2D eigenvalue weighted by Gasteiger charge is -2.11. The van der Waals surface area contributed by atoms with Crippen LogP contribution in [0.1, 0.15) is 21.5 Å². The van der Waals surface area contributed by atoms with E-state index >= 15 is 0 Å². The summed E-state index contributed by atoms with van der Waals surface area (Å²) >= 11 is 0. The van der Waals surface area contributed by atoms with Gasteiger partial charge in [-0.1, -0.05) is 24.3 Å². The summed E-state index contributed by atoms with van der Waals surface area (Å²) in [5.41, 5.74) is 4.75. The number of aldehydes is 1. The highest BCUT2D eigenvalue weighted by Gasteiger charge is 2.08. The van der Waals surface area contributed by atoms with E-state index < -0.39 is 0 Å². The van der Waals surface area contributed by atoms with Crippen LogP contribution in [0.3, 0.4) is 0 Å². The minimum atomic E-state index is 0.260. The summed E-state index contributed by atoms with van der Waals surface area (Å²) in [7, 11) is 0. The van der Waals surface area contributed by atoms with Crippen molar-refractivity contribution in [3.8, 4) is 16.9 Å². The standard InChI is InChI=1S/C15H14O2/c1-10-8-13(17)6-7-14(10)15-5-3-4-12(9-16)11(15)2/h3-9,17H,1-2H3. The summed E-state index contributed by atoms with van der Waals surface area (Å²) in [6.07, 6.45) is 0.870. The lowest BCUT2D eigenvalue weighted by Crippen LogP contribution is -1.92. The molecule has 17 heavy (non-hydrogen) atoms. The smallest absolute Gasteiger partial charge is 0.150 e. The maximum absolute atomic E-state index is 10.9. The number of carbonyl (C=O) groups is 1. The number of carbonyl (C=O) groups excluding carboxylic acids is 1. The maximum Gasteiger partial charge on any atom is 0.150 e. The van der Waals surface area contributed by atoms with Crippen molar-refractivity contribution in [1.29, 1.82) is 0 Å². The lowest BCUT2D eigenvalue weighted by molar-refractivity contribution is 0.112. The predicted molar refractivity (Wildman–Crippen MR) is 68.4 cm³/mol. The van der Waals surface area contributed by atoms with Gasteiger partial charge in [-0.05, 0) is 48.2 Å². The molecule has 0 saturated heterocycles. The fourth-order valence-corrected chi connectivity index (χ4v) is 2.02. The Hall–Kier alpha value is -2.09. The molecule has 0 unspecified atom stereocenters. The average Bonchev–Trinajstić information content (AvgIpc) is 2.30. The van der Waals surface area contributed by atoms with Gasteiger partial charge in [0, 0.05) is 5.56 Å². The third kappa shape index (κ3) is 2.07. The van der Waals surface area contributed by atoms with E-state index in [1.807, 2.05) is 38.1 Å². The first-order valence-electron chi connectivity index (χ1n) is 5.48. The topological polar surface area (TPSA) is 37.3 Å². The molecule has 0 spiro atoms. The first-order valence-corrected chi connectivity index (χ1v) is 5.48. The Kier molecular flexibility index (Phi) is 2.96. The fraction of sp³-hybridized carbons (Fsp3) is 0.133. The van der Waals surface area contributed by atoms with Gasteiger partial charge in [0.1, 0.15) is 12.0 Å². The molecule has 0 aliphatic carbocycles. The highest BCUT2D eigenvalue weighted by atomic mass is 16.3. The monoisotopic (exact) mass is 226 g/mol. The number of hydrogen-bond acceptors (Lipinski definition) is 2. The second-order valence-corrected chi connectivity index (χ2v) is 4.14. The third-order valence-corrected chi connectivity index (χ3v) is 3.00. The van der Waals surface area contributed by atoms with E-state index in [0.717, 1.165) is 28.5 Å². The highest BCUT2D eigenvalue weighted by molar-refractivity contribution is 5.83. The molecule has 0 radical (unpaired) electrons. The zero-order valence-electron chi connectivity index (χ0n) is 9.90. The van der Waals surface area contributed by atoms with Crippen LogP contribution in [-0.4, -0.2) is 11.4 Å². The zero-order valence-corrected chi connectivity index (χ0v) is 9.90. The van der Waals surface area contributed by atoms with Crippen LogP contribution >= 0.6 is 0 Å². The summed E-state index contributed by atoms with van der Waals surface area (Å²) in [5.74, 6) is 0.260. The Morgan fingerprint density at radius 2 is 1.82 bits per heavy atom. The molecule has 2 nitrogen and oxygen atoms in total. The van der Waals surface area contributed by atoms with Crippen molar-refractivity contribution < 1.29 is 9.90 Å². The van der Waals surface area contributed by atoms with Crippen molar-refractivity contribution in [2.45, 2.75) is 13.8 Å². The molecule has 1 N–H and O–H groups in total. The zero-order chi connectivity index (χ0) is 12.4. The number of phenols is 1. The first-order chi connectivity index (χ1) is 8.13. The number of hydrogen-bond donors (Lipinski definition) is 1. The fourth-order valence-electron chi connectivity index (χ4n) is 2.02. The minimum Gasteiger partial charge on any atom is -0.508 e. The number of aromatic hydroxyl groups is 1. The second-order valence-electron chi connectivity index (χ2n) is 4.14. The van der Waals surface area contributed by atoms with Gasteiger partial charge < -0.3 is 5.11 Å². The van der Waals surface area contributed by atoms with Gasteiger partial charge in [-0.2, -0.15) is 0 Å². The van der Waals surface area contributed by atoms with E-state index in [0.29, 0.717) is 5.56 Å². The normalized spacial score (nSPS) is 10.2. The summed E-state index contributed by atoms with van der Waals surface area (Å²) < 4.78 is 0. The quantitative estimate of drug-likeness (QED) is 0.796. The summed E-state index contributed by atoms with van der Waals surface area (Å²) in [5, 5.41) is 9.40. The molecule has 0 fully saturated rings. The number of aryl methyl sites for hydroxylation is 1. The third-order valence-electron chi connectivity index (χ3n) is 3.00. The molecule has 0 bridgehead atoms. The van der Waals surface area contributed by atoms with Gasteiger partial charge in [-0.25, -0.2) is 0 Å². The molecule has 0 aliphatic heterocycles. The van der Waals surface area contributed by atoms with Crippen molar-refractivity contribution in [2.24, 2.45) is 0 Å². The van der Waals surface area contributed by atoms with Crippen molar-refractivity contribution >= 4 is 6.29 Å². The van der Waals surface area contributed by atoms with Gasteiger partial charge in [0.2, 0.25) is 0 Å². The van der Waals surface area contributed by atoms with Gasteiger partial charge in [-0.15, -0.1) is 0 Å². The number of phenolic OH excluding ortho intramolecular Hbond substituents is 1. The van der Waals surface area contributed by atoms with Crippen LogP contribution in [0, 0.1) is 13.8 Å². The van der Waals surface area contributed by atoms with E-state index in [1.165, 1.54) is 0 Å². The van der Waals surface area contributed by atoms with Gasteiger partial charge in [0.25, 0.3) is 0 Å². The molecular formula is C15H14O2. The van der Waals surface area contributed by atoms with Gasteiger partial charge >= 0.3 is 0 Å². The lowest BCUT2D eigenvalue weighted by atomic mass is 9.94. The summed E-state index contributed by atoms with van der Waals surface area (Å²) in [6, 6.07) is 10.9. The minimum absolute atomic E-state index is 0.260. The molecule has 0 aliphatic rings. The van der Waals surface area contributed by atoms with E-state index in [-0.39, 0.29) is 5.75 Å². The molecule has 2 heteroatoms. The van der Waals surface area contributed by atoms with E-state index in [9.17, 15) is 9.90 Å². The Morgan fingerprint density at radius 1 is 1.06 bits per heavy atom. The van der Waals surface area contributed by atoms with E-state index in [4.69, 9.17) is 0 Å². The Bertz CT molecular complexity index is 571. The van der Waals surface area contributed by atoms with Crippen molar-refractivity contribution in [1.82, 2.24) is 0 Å². The van der Waals surface area contributed by atoms with E-state index in [2.05, 4.69) is 0 Å². The second kappa shape index (κ2) is 4.42. The van der Waals surface area contributed by atoms with Crippen molar-refractivity contribution in [3.05, 3.63) is 53.1 Å². The molecule has 0 amide bonds. The molecule has 86 valence electrons. The van der Waals surface area contributed by atoms with Crippen LogP contribution in [0.25, 0.3) is 11.1 Å². The Labute approximate surface area is 101 Å². The molecular weight excluding hydrogens is 212 g/mol. The Balaban J connectivity index is 2.64. The number of rotatable bonds is 2. The van der Waals surface area contributed by atoms with Crippen LogP contribution in [0.2, 0.25) is 0 Å². The molecule has 0 heterocycles. The Morgan fingerprint density at radius 3 is 2.47 bits per heavy atom. The van der Waals surface area contributed by atoms with Crippen LogP contribution < -0.4 is 0 Å². The molecule has 2 aromatic rings. The van der Waals surface area contributed by atoms with Gasteiger partial charge in [0.15, 0.2) is 0 Å². The van der Waals surface area contributed by atoms with Crippen LogP contribution in [0.4, 0.5) is 0 Å². The number of benzene rings is 2. The predicted octanol–water partition coefficient (Wildman–Crippen LogP) is 3.49.